The van der Waals surface area contributed by atoms with Crippen LogP contribution in [0.5, 0.6) is 0 Å². The van der Waals surface area contributed by atoms with Crippen LogP contribution in [0.25, 0.3) is 16.7 Å². The molecule has 0 aromatic heterocycles. The van der Waals surface area contributed by atoms with Crippen LogP contribution in [-0.2, 0) is 0 Å². The van der Waals surface area contributed by atoms with Crippen molar-refractivity contribution in [2.45, 2.75) is 6.92 Å². The number of hydrogen-bond donors (Lipinski definition) is 1. The minimum Gasteiger partial charge on any atom is -0.300 e. The van der Waals surface area contributed by atoms with E-state index in [4.69, 9.17) is 5.41 Å². The van der Waals surface area contributed by atoms with Crippen LogP contribution in [0.1, 0.15) is 18.1 Å². The van der Waals surface area contributed by atoms with E-state index < -0.39 is 0 Å². The van der Waals surface area contributed by atoms with Gasteiger partial charge in [-0.05, 0) is 70.0 Å². The van der Waals surface area contributed by atoms with E-state index in [1.807, 2.05) is 36.4 Å². The summed E-state index contributed by atoms with van der Waals surface area (Å²) in [4.78, 5) is 0. The van der Waals surface area contributed by atoms with E-state index in [0.29, 0.717) is 5.71 Å². The van der Waals surface area contributed by atoms with E-state index in [1.54, 1.807) is 0 Å². The molecule has 118 valence electrons. The highest BCUT2D eigenvalue weighted by Gasteiger charge is 2.03. The van der Waals surface area contributed by atoms with Gasteiger partial charge in [-0.1, -0.05) is 66.7 Å². The van der Waals surface area contributed by atoms with Gasteiger partial charge in [0.15, 0.2) is 0 Å². The van der Waals surface area contributed by atoms with Gasteiger partial charge in [0, 0.05) is 9.13 Å². The molecule has 24 heavy (non-hydrogen) atoms. The molecular formula is C22H18IN. The van der Waals surface area contributed by atoms with Crippen molar-refractivity contribution in [1.29, 1.82) is 5.41 Å². The molecule has 0 heterocycles. The SMILES string of the molecule is C/C(=C\C(=N)c1cccc(I)c1)c1ccc(-c2ccccc2)cc1. The van der Waals surface area contributed by atoms with Crippen molar-refractivity contribution in [1.82, 2.24) is 0 Å². The van der Waals surface area contributed by atoms with E-state index in [2.05, 4.69) is 78.0 Å². The van der Waals surface area contributed by atoms with Gasteiger partial charge in [0.05, 0.1) is 5.71 Å². The average molecular weight is 423 g/mol. The van der Waals surface area contributed by atoms with Gasteiger partial charge in [0.2, 0.25) is 0 Å². The second-order valence-electron chi connectivity index (χ2n) is 5.69. The third-order valence-corrected chi connectivity index (χ3v) is 4.61. The summed E-state index contributed by atoms with van der Waals surface area (Å²) in [6.45, 7) is 2.06. The van der Waals surface area contributed by atoms with E-state index in [0.717, 1.165) is 20.3 Å². The molecule has 0 bridgehead atoms. The van der Waals surface area contributed by atoms with Crippen LogP contribution < -0.4 is 0 Å². The summed E-state index contributed by atoms with van der Waals surface area (Å²) in [7, 11) is 0. The van der Waals surface area contributed by atoms with Crippen LogP contribution >= 0.6 is 22.6 Å². The second-order valence-corrected chi connectivity index (χ2v) is 6.94. The maximum atomic E-state index is 8.30. The van der Waals surface area contributed by atoms with Crippen molar-refractivity contribution in [3.8, 4) is 11.1 Å². The normalized spacial score (nSPS) is 11.3. The van der Waals surface area contributed by atoms with E-state index >= 15 is 0 Å². The van der Waals surface area contributed by atoms with Crippen LogP contribution in [0.2, 0.25) is 0 Å². The molecule has 3 aromatic rings. The molecular weight excluding hydrogens is 405 g/mol. The average Bonchev–Trinajstić information content (AvgIpc) is 2.62. The predicted molar refractivity (Wildman–Crippen MR) is 112 cm³/mol. The molecule has 0 saturated carbocycles. The maximum absolute atomic E-state index is 8.30. The zero-order valence-electron chi connectivity index (χ0n) is 13.5. The second kappa shape index (κ2) is 7.58. The molecule has 0 spiro atoms. The first-order valence-corrected chi connectivity index (χ1v) is 8.90. The van der Waals surface area contributed by atoms with Crippen LogP contribution in [0.3, 0.4) is 0 Å². The van der Waals surface area contributed by atoms with E-state index in [-0.39, 0.29) is 0 Å². The van der Waals surface area contributed by atoms with Crippen molar-refractivity contribution in [3.63, 3.8) is 0 Å². The van der Waals surface area contributed by atoms with Gasteiger partial charge in [-0.15, -0.1) is 0 Å². The highest BCUT2D eigenvalue weighted by molar-refractivity contribution is 14.1. The Kier molecular flexibility index (Phi) is 5.26. The topological polar surface area (TPSA) is 23.9 Å². The molecule has 3 rings (SSSR count). The van der Waals surface area contributed by atoms with Gasteiger partial charge in [0.25, 0.3) is 0 Å². The van der Waals surface area contributed by atoms with Gasteiger partial charge in [-0.3, -0.25) is 0 Å². The highest BCUT2D eigenvalue weighted by Crippen LogP contribution is 2.22. The first-order chi connectivity index (χ1) is 11.6. The molecule has 0 radical (unpaired) electrons. The maximum Gasteiger partial charge on any atom is 0.0615 e. The number of hydrogen-bond acceptors (Lipinski definition) is 1. The monoisotopic (exact) mass is 423 g/mol. The fourth-order valence-corrected chi connectivity index (χ4v) is 3.14. The molecule has 0 amide bonds. The minimum absolute atomic E-state index is 0.540. The van der Waals surface area contributed by atoms with Gasteiger partial charge < -0.3 is 5.41 Å². The van der Waals surface area contributed by atoms with Crippen molar-refractivity contribution in [3.05, 3.63) is 99.6 Å². The van der Waals surface area contributed by atoms with Crippen molar-refractivity contribution in [2.24, 2.45) is 0 Å². The zero-order valence-corrected chi connectivity index (χ0v) is 15.6. The Hall–Kier alpha value is -2.20. The molecule has 0 aliphatic rings. The molecule has 3 aromatic carbocycles. The third kappa shape index (κ3) is 4.01. The van der Waals surface area contributed by atoms with Crippen molar-refractivity contribution in [2.75, 3.05) is 0 Å². The molecule has 1 nitrogen and oxygen atoms in total. The lowest BCUT2D eigenvalue weighted by Gasteiger charge is -2.06. The summed E-state index contributed by atoms with van der Waals surface area (Å²) in [6.07, 6.45) is 1.93. The Labute approximate surface area is 156 Å². The molecule has 1 N–H and O–H groups in total. The van der Waals surface area contributed by atoms with Crippen LogP contribution in [0, 0.1) is 8.98 Å². The minimum atomic E-state index is 0.540. The van der Waals surface area contributed by atoms with E-state index in [1.165, 1.54) is 11.1 Å². The predicted octanol–water partition coefficient (Wildman–Crippen LogP) is 6.43. The van der Waals surface area contributed by atoms with Crippen molar-refractivity contribution >= 4 is 33.9 Å². The molecule has 0 aliphatic carbocycles. The lowest BCUT2D eigenvalue weighted by atomic mass is 9.99. The Morgan fingerprint density at radius 2 is 1.46 bits per heavy atom. The highest BCUT2D eigenvalue weighted by atomic mass is 127. The molecule has 0 fully saturated rings. The Morgan fingerprint density at radius 1 is 0.792 bits per heavy atom. The fraction of sp³-hybridized carbons (Fsp3) is 0.0455. The third-order valence-electron chi connectivity index (χ3n) is 3.94. The first kappa shape index (κ1) is 16.7. The lowest BCUT2D eigenvalue weighted by molar-refractivity contribution is 1.47. The molecule has 0 saturated heterocycles. The van der Waals surface area contributed by atoms with Crippen LogP contribution in [-0.4, -0.2) is 5.71 Å². The van der Waals surface area contributed by atoms with Crippen LogP contribution in [0.15, 0.2) is 84.9 Å². The van der Waals surface area contributed by atoms with Crippen LogP contribution in [0.4, 0.5) is 0 Å². The molecule has 2 heteroatoms. The summed E-state index contributed by atoms with van der Waals surface area (Å²) in [5.41, 5.74) is 6.15. The Bertz CT molecular complexity index is 877. The number of rotatable bonds is 4. The fourth-order valence-electron chi connectivity index (χ4n) is 2.60. The molecule has 0 aliphatic heterocycles. The Morgan fingerprint density at radius 3 is 2.12 bits per heavy atom. The first-order valence-electron chi connectivity index (χ1n) is 7.82. The Balaban J connectivity index is 1.82. The zero-order chi connectivity index (χ0) is 16.9. The summed E-state index contributed by atoms with van der Waals surface area (Å²) >= 11 is 2.28. The largest absolute Gasteiger partial charge is 0.300 e. The summed E-state index contributed by atoms with van der Waals surface area (Å²) < 4.78 is 1.15. The smallest absolute Gasteiger partial charge is 0.0615 e. The molecule has 0 unspecified atom stereocenters. The van der Waals surface area contributed by atoms with Gasteiger partial charge in [-0.2, -0.15) is 0 Å². The summed E-state index contributed by atoms with van der Waals surface area (Å²) in [5.74, 6) is 0. The summed E-state index contributed by atoms with van der Waals surface area (Å²) in [6, 6.07) is 26.9. The quantitative estimate of drug-likeness (QED) is 0.370. The number of allylic oxidation sites excluding steroid dienone is 2. The lowest BCUT2D eigenvalue weighted by Crippen LogP contribution is -1.96. The van der Waals surface area contributed by atoms with E-state index in [9.17, 15) is 0 Å². The van der Waals surface area contributed by atoms with Gasteiger partial charge in [0.1, 0.15) is 0 Å². The number of benzene rings is 3. The van der Waals surface area contributed by atoms with Crippen molar-refractivity contribution < 1.29 is 0 Å². The number of nitrogens with one attached hydrogen (secondary N) is 1. The standard InChI is InChI=1S/C22H18IN/c1-16(14-22(24)20-8-5-9-21(23)15-20)17-10-12-19(13-11-17)18-6-3-2-4-7-18/h2-15,24H,1H3/b16-14+,24-22?. The van der Waals surface area contributed by atoms with Gasteiger partial charge in [-0.25, -0.2) is 0 Å². The van der Waals surface area contributed by atoms with Gasteiger partial charge >= 0.3 is 0 Å². The number of halogens is 1. The molecule has 0 atom stereocenters. The summed E-state index contributed by atoms with van der Waals surface area (Å²) in [5, 5.41) is 8.30.